The van der Waals surface area contributed by atoms with Crippen LogP contribution in [-0.4, -0.2) is 26.7 Å². The van der Waals surface area contributed by atoms with Gasteiger partial charge >= 0.3 is 5.97 Å². The molecular formula is C24H24ClNO4. The van der Waals surface area contributed by atoms with Gasteiger partial charge in [0.2, 0.25) is 0 Å². The molecule has 5 nitrogen and oxygen atoms in total. The maximum Gasteiger partial charge on any atom is 0.314 e. The number of nitrogens with zero attached hydrogens (tertiary/aromatic N) is 1. The molecular weight excluding hydrogens is 402 g/mol. The molecule has 3 aromatic rings. The molecule has 0 radical (unpaired) electrons. The number of carbonyl (C=O) groups excluding carboxylic acids is 1. The van der Waals surface area contributed by atoms with Crippen molar-refractivity contribution in [1.29, 1.82) is 0 Å². The summed E-state index contributed by atoms with van der Waals surface area (Å²) in [5.74, 6) is -1.15. The van der Waals surface area contributed by atoms with Crippen molar-refractivity contribution in [3.63, 3.8) is 0 Å². The SMILES string of the molecule is Cc1c([C@](C)(C(=O)O)C2CCCC2)c2cc(O)ccc2n1C(=O)c1ccc(Cl)cc1. The van der Waals surface area contributed by atoms with Crippen molar-refractivity contribution in [2.45, 2.75) is 44.9 Å². The maximum absolute atomic E-state index is 13.4. The number of phenols is 1. The lowest BCUT2D eigenvalue weighted by Crippen LogP contribution is -2.40. The van der Waals surface area contributed by atoms with Crippen molar-refractivity contribution >= 4 is 34.4 Å². The third-order valence-corrected chi connectivity index (χ3v) is 6.87. The van der Waals surface area contributed by atoms with Gasteiger partial charge in [0.15, 0.2) is 0 Å². The van der Waals surface area contributed by atoms with E-state index in [4.69, 9.17) is 11.6 Å². The molecule has 0 aliphatic heterocycles. The highest BCUT2D eigenvalue weighted by molar-refractivity contribution is 6.30. The van der Waals surface area contributed by atoms with Crippen molar-refractivity contribution in [3.8, 4) is 5.75 Å². The van der Waals surface area contributed by atoms with Gasteiger partial charge in [-0.05, 0) is 80.6 Å². The average Bonchev–Trinajstić information content (AvgIpc) is 3.34. The van der Waals surface area contributed by atoms with E-state index in [-0.39, 0.29) is 17.6 Å². The van der Waals surface area contributed by atoms with Gasteiger partial charge in [0.25, 0.3) is 5.91 Å². The molecule has 2 N–H and O–H groups in total. The number of carboxylic acids is 1. The molecule has 0 amide bonds. The molecule has 1 aromatic heterocycles. The summed E-state index contributed by atoms with van der Waals surface area (Å²) in [7, 11) is 0. The Kier molecular flexibility index (Phi) is 5.10. The third-order valence-electron chi connectivity index (χ3n) is 6.62. The van der Waals surface area contributed by atoms with E-state index in [2.05, 4.69) is 0 Å². The Morgan fingerprint density at radius 3 is 2.33 bits per heavy atom. The van der Waals surface area contributed by atoms with Gasteiger partial charge in [0, 0.05) is 21.7 Å². The second-order valence-electron chi connectivity index (χ2n) is 8.30. The van der Waals surface area contributed by atoms with Crippen LogP contribution in [0.3, 0.4) is 0 Å². The highest BCUT2D eigenvalue weighted by Crippen LogP contribution is 2.47. The zero-order valence-corrected chi connectivity index (χ0v) is 17.7. The molecule has 0 unspecified atom stereocenters. The van der Waals surface area contributed by atoms with Crippen LogP contribution in [-0.2, 0) is 10.2 Å². The minimum atomic E-state index is -1.15. The van der Waals surface area contributed by atoms with Gasteiger partial charge in [-0.2, -0.15) is 0 Å². The number of aromatic nitrogens is 1. The van der Waals surface area contributed by atoms with Crippen molar-refractivity contribution < 1.29 is 19.8 Å². The van der Waals surface area contributed by atoms with Gasteiger partial charge in [0.1, 0.15) is 5.75 Å². The van der Waals surface area contributed by atoms with E-state index in [1.807, 2.05) is 0 Å². The van der Waals surface area contributed by atoms with Crippen LogP contribution in [0.15, 0.2) is 42.5 Å². The average molecular weight is 426 g/mol. The van der Waals surface area contributed by atoms with Crippen molar-refractivity contribution in [2.75, 3.05) is 0 Å². The minimum Gasteiger partial charge on any atom is -0.508 e. The number of carbonyl (C=O) groups is 2. The zero-order chi connectivity index (χ0) is 21.6. The largest absolute Gasteiger partial charge is 0.508 e. The van der Waals surface area contributed by atoms with Crippen LogP contribution in [0, 0.1) is 12.8 Å². The number of carboxylic acid groups (broad SMARTS) is 1. The standard InChI is InChI=1S/C24H24ClNO4/c1-14-21(24(2,23(29)30)16-5-3-4-6-16)19-13-18(27)11-12-20(19)26(14)22(28)15-7-9-17(25)10-8-15/h7-13,16,27H,3-6H2,1-2H3,(H,29,30)/t24-/m1/s1. The molecule has 6 heteroatoms. The van der Waals surface area contributed by atoms with Crippen LogP contribution in [0.1, 0.15) is 54.2 Å². The van der Waals surface area contributed by atoms with Crippen LogP contribution in [0.5, 0.6) is 5.75 Å². The molecule has 0 spiro atoms. The molecule has 1 heterocycles. The summed E-state index contributed by atoms with van der Waals surface area (Å²) in [5.41, 5.74) is 1.09. The second kappa shape index (κ2) is 7.47. The van der Waals surface area contributed by atoms with Gasteiger partial charge in [-0.25, -0.2) is 0 Å². The molecule has 1 aliphatic carbocycles. The number of fused-ring (bicyclic) bond motifs is 1. The molecule has 30 heavy (non-hydrogen) atoms. The fraction of sp³-hybridized carbons (Fsp3) is 0.333. The molecule has 1 saturated carbocycles. The summed E-state index contributed by atoms with van der Waals surface area (Å²) in [6.07, 6.45) is 3.66. The number of hydrogen-bond acceptors (Lipinski definition) is 3. The van der Waals surface area contributed by atoms with Crippen molar-refractivity contribution in [1.82, 2.24) is 4.57 Å². The Labute approximate surface area is 179 Å². The number of aromatic hydroxyl groups is 1. The Balaban J connectivity index is 2.00. The second-order valence-corrected chi connectivity index (χ2v) is 8.73. The van der Waals surface area contributed by atoms with Gasteiger partial charge < -0.3 is 10.2 Å². The number of hydrogen-bond donors (Lipinski definition) is 2. The number of benzene rings is 2. The monoisotopic (exact) mass is 425 g/mol. The summed E-state index contributed by atoms with van der Waals surface area (Å²) in [6, 6.07) is 11.4. The summed E-state index contributed by atoms with van der Waals surface area (Å²) in [6.45, 7) is 3.55. The number of rotatable bonds is 4. The number of halogens is 1. The lowest BCUT2D eigenvalue weighted by molar-refractivity contribution is -0.145. The highest BCUT2D eigenvalue weighted by atomic mass is 35.5. The Bertz CT molecular complexity index is 1140. The van der Waals surface area contributed by atoms with Gasteiger partial charge in [0.05, 0.1) is 10.9 Å². The first-order valence-electron chi connectivity index (χ1n) is 10.1. The number of aliphatic carboxylic acids is 1. The van der Waals surface area contributed by atoms with Gasteiger partial charge in [-0.1, -0.05) is 24.4 Å². The quantitative estimate of drug-likeness (QED) is 0.576. The molecule has 1 fully saturated rings. The van der Waals surface area contributed by atoms with Gasteiger partial charge in [-0.15, -0.1) is 0 Å². The van der Waals surface area contributed by atoms with Crippen molar-refractivity contribution in [3.05, 3.63) is 64.3 Å². The molecule has 4 rings (SSSR count). The van der Waals surface area contributed by atoms with Crippen LogP contribution in [0.25, 0.3) is 10.9 Å². The smallest absolute Gasteiger partial charge is 0.314 e. The molecule has 156 valence electrons. The predicted octanol–water partition coefficient (Wildman–Crippen LogP) is 5.53. The molecule has 1 aliphatic rings. The summed E-state index contributed by atoms with van der Waals surface area (Å²) in [4.78, 5) is 26.0. The maximum atomic E-state index is 13.4. The molecule has 2 aromatic carbocycles. The Morgan fingerprint density at radius 1 is 1.10 bits per heavy atom. The lowest BCUT2D eigenvalue weighted by Gasteiger charge is -2.32. The summed E-state index contributed by atoms with van der Waals surface area (Å²) >= 11 is 5.97. The van der Waals surface area contributed by atoms with E-state index in [1.165, 1.54) is 6.07 Å². The summed E-state index contributed by atoms with van der Waals surface area (Å²) < 4.78 is 1.56. The Hall–Kier alpha value is -2.79. The van der Waals surface area contributed by atoms with Crippen LogP contribution < -0.4 is 0 Å². The van der Waals surface area contributed by atoms with E-state index in [0.717, 1.165) is 25.7 Å². The van der Waals surface area contributed by atoms with Gasteiger partial charge in [-0.3, -0.25) is 14.2 Å². The fourth-order valence-corrected chi connectivity index (χ4v) is 5.16. The molecule has 1 atom stereocenters. The van der Waals surface area contributed by atoms with Crippen LogP contribution in [0.4, 0.5) is 0 Å². The van der Waals surface area contributed by atoms with E-state index < -0.39 is 11.4 Å². The lowest BCUT2D eigenvalue weighted by atomic mass is 9.70. The summed E-state index contributed by atoms with van der Waals surface area (Å²) in [5, 5.41) is 21.6. The topological polar surface area (TPSA) is 79.5 Å². The van der Waals surface area contributed by atoms with Crippen LogP contribution in [0.2, 0.25) is 5.02 Å². The molecule has 0 bridgehead atoms. The van der Waals surface area contributed by atoms with E-state index in [1.54, 1.807) is 54.8 Å². The first-order valence-corrected chi connectivity index (χ1v) is 10.5. The first kappa shape index (κ1) is 20.5. The normalized spacial score (nSPS) is 16.6. The molecule has 0 saturated heterocycles. The van der Waals surface area contributed by atoms with E-state index in [9.17, 15) is 19.8 Å². The Morgan fingerprint density at radius 2 is 1.73 bits per heavy atom. The third kappa shape index (κ3) is 3.08. The first-order chi connectivity index (χ1) is 14.2. The van der Waals surface area contributed by atoms with E-state index in [0.29, 0.717) is 32.7 Å². The number of phenolic OH excluding ortho intramolecular Hbond substituents is 1. The predicted molar refractivity (Wildman–Crippen MR) is 116 cm³/mol. The van der Waals surface area contributed by atoms with Crippen molar-refractivity contribution in [2.24, 2.45) is 5.92 Å². The highest BCUT2D eigenvalue weighted by Gasteiger charge is 2.47. The fourth-order valence-electron chi connectivity index (χ4n) is 5.03. The van der Waals surface area contributed by atoms with Crippen LogP contribution >= 0.6 is 11.6 Å². The van der Waals surface area contributed by atoms with E-state index >= 15 is 0 Å². The zero-order valence-electron chi connectivity index (χ0n) is 17.0. The minimum absolute atomic E-state index is 0.0271.